The predicted octanol–water partition coefficient (Wildman–Crippen LogP) is 0.353. The van der Waals surface area contributed by atoms with Crippen molar-refractivity contribution in [2.24, 2.45) is 5.73 Å². The molecule has 4 nitrogen and oxygen atoms in total. The molecule has 1 aromatic rings. The summed E-state index contributed by atoms with van der Waals surface area (Å²) in [6.07, 6.45) is 0. The fraction of sp³-hybridized carbons (Fsp3) is 0.125. The molecule has 0 radical (unpaired) electrons. The molecule has 0 aliphatic heterocycles. The Morgan fingerprint density at radius 3 is 2.50 bits per heavy atom. The molecule has 5 N–H and O–H groups in total. The summed E-state index contributed by atoms with van der Waals surface area (Å²) in [5.41, 5.74) is 11.7. The first kappa shape index (κ1) is 8.55. The third-order valence-corrected chi connectivity index (χ3v) is 1.60. The molecule has 12 heavy (non-hydrogen) atoms. The minimum absolute atomic E-state index is 0.410. The predicted molar refractivity (Wildman–Crippen MR) is 45.4 cm³/mol. The molecule has 0 aromatic heterocycles. The summed E-state index contributed by atoms with van der Waals surface area (Å²) in [6, 6.07) is 5.62. The lowest BCUT2D eigenvalue weighted by atomic mass is 10.1. The van der Waals surface area contributed by atoms with E-state index in [2.05, 4.69) is 0 Å². The van der Waals surface area contributed by atoms with Crippen molar-refractivity contribution in [3.8, 4) is 0 Å². The third kappa shape index (κ3) is 1.54. The van der Waals surface area contributed by atoms with Crippen LogP contribution < -0.4 is 11.5 Å². The Morgan fingerprint density at radius 1 is 1.42 bits per heavy atom. The normalized spacial score (nSPS) is 12.4. The van der Waals surface area contributed by atoms with Crippen LogP contribution in [0.15, 0.2) is 24.3 Å². The van der Waals surface area contributed by atoms with Crippen LogP contribution in [0.2, 0.25) is 0 Å². The van der Waals surface area contributed by atoms with Crippen molar-refractivity contribution < 1.29 is 9.90 Å². The molecular weight excluding hydrogens is 156 g/mol. The van der Waals surface area contributed by atoms with E-state index in [1.54, 1.807) is 24.3 Å². The zero-order chi connectivity index (χ0) is 9.14. The van der Waals surface area contributed by atoms with Crippen LogP contribution in [0.1, 0.15) is 11.6 Å². The molecule has 0 aliphatic rings. The molecule has 1 atom stereocenters. The van der Waals surface area contributed by atoms with Gasteiger partial charge in [-0.15, -0.1) is 0 Å². The molecule has 1 aromatic carbocycles. The van der Waals surface area contributed by atoms with E-state index in [9.17, 15) is 4.79 Å². The van der Waals surface area contributed by atoms with Crippen molar-refractivity contribution in [1.82, 2.24) is 0 Å². The van der Waals surface area contributed by atoms with Crippen LogP contribution in [0.25, 0.3) is 0 Å². The largest absolute Gasteiger partial charge is 0.480 e. The molecule has 0 amide bonds. The van der Waals surface area contributed by atoms with Gasteiger partial charge in [0.25, 0.3) is 0 Å². The summed E-state index contributed by atoms with van der Waals surface area (Å²) in [6.45, 7) is 0. The summed E-state index contributed by atoms with van der Waals surface area (Å²) in [5, 5.41) is 8.58. The Bertz CT molecular complexity index is 299. The number of rotatable bonds is 2. The van der Waals surface area contributed by atoms with Gasteiger partial charge >= 0.3 is 5.97 Å². The molecule has 0 spiro atoms. The SMILES string of the molecule is Nc1ccccc1[C@H](N)C(=O)O. The molecule has 0 saturated heterocycles. The number of para-hydroxylation sites is 1. The lowest BCUT2D eigenvalue weighted by Crippen LogP contribution is -2.21. The van der Waals surface area contributed by atoms with Crippen LogP contribution >= 0.6 is 0 Å². The van der Waals surface area contributed by atoms with E-state index in [0.29, 0.717) is 11.3 Å². The van der Waals surface area contributed by atoms with Crippen LogP contribution in [-0.2, 0) is 4.79 Å². The number of carboxylic acids is 1. The number of aliphatic carboxylic acids is 1. The Balaban J connectivity index is 3.02. The quantitative estimate of drug-likeness (QED) is 0.553. The van der Waals surface area contributed by atoms with Gasteiger partial charge in [-0.2, -0.15) is 0 Å². The van der Waals surface area contributed by atoms with Gasteiger partial charge in [0.05, 0.1) is 0 Å². The number of carbonyl (C=O) groups is 1. The maximum absolute atomic E-state index is 10.5. The number of hydrogen-bond acceptors (Lipinski definition) is 3. The third-order valence-electron chi connectivity index (χ3n) is 1.60. The van der Waals surface area contributed by atoms with Gasteiger partial charge in [-0.25, -0.2) is 0 Å². The monoisotopic (exact) mass is 166 g/mol. The fourth-order valence-corrected chi connectivity index (χ4v) is 0.927. The van der Waals surface area contributed by atoms with Crippen molar-refractivity contribution in [3.05, 3.63) is 29.8 Å². The highest BCUT2D eigenvalue weighted by Gasteiger charge is 2.15. The molecule has 1 rings (SSSR count). The van der Waals surface area contributed by atoms with Crippen LogP contribution in [0.5, 0.6) is 0 Å². The van der Waals surface area contributed by atoms with Gasteiger partial charge < -0.3 is 16.6 Å². The second kappa shape index (κ2) is 3.23. The van der Waals surface area contributed by atoms with Crippen LogP contribution in [0, 0.1) is 0 Å². The Kier molecular flexibility index (Phi) is 2.30. The maximum atomic E-state index is 10.5. The van der Waals surface area contributed by atoms with Gasteiger partial charge in [-0.05, 0) is 6.07 Å². The standard InChI is InChI=1S/C8H10N2O2/c9-6-4-2-1-3-5(6)7(10)8(11)12/h1-4,7H,9-10H2,(H,11,12)/t7-/m0/s1. The average molecular weight is 166 g/mol. The molecule has 0 unspecified atom stereocenters. The number of nitrogens with two attached hydrogens (primary N) is 2. The summed E-state index contributed by atoms with van der Waals surface area (Å²) in [5.74, 6) is -1.08. The summed E-state index contributed by atoms with van der Waals surface area (Å²) in [4.78, 5) is 10.5. The molecule has 0 saturated carbocycles. The van der Waals surface area contributed by atoms with E-state index in [1.807, 2.05) is 0 Å². The van der Waals surface area contributed by atoms with Gasteiger partial charge in [-0.1, -0.05) is 18.2 Å². The molecule has 0 aliphatic carbocycles. The topological polar surface area (TPSA) is 89.3 Å². The average Bonchev–Trinajstić information content (AvgIpc) is 2.04. The summed E-state index contributed by atoms with van der Waals surface area (Å²) < 4.78 is 0. The first-order valence-corrected chi connectivity index (χ1v) is 3.45. The van der Waals surface area contributed by atoms with Gasteiger partial charge in [-0.3, -0.25) is 4.79 Å². The van der Waals surface area contributed by atoms with E-state index in [-0.39, 0.29) is 0 Å². The molecule has 4 heteroatoms. The Morgan fingerprint density at radius 2 is 2.00 bits per heavy atom. The van der Waals surface area contributed by atoms with Crippen molar-refractivity contribution in [1.29, 1.82) is 0 Å². The van der Waals surface area contributed by atoms with Crippen molar-refractivity contribution in [2.75, 3.05) is 5.73 Å². The van der Waals surface area contributed by atoms with E-state index < -0.39 is 12.0 Å². The molecule has 0 bridgehead atoms. The zero-order valence-corrected chi connectivity index (χ0v) is 6.40. The van der Waals surface area contributed by atoms with Crippen LogP contribution in [0.3, 0.4) is 0 Å². The lowest BCUT2D eigenvalue weighted by molar-refractivity contribution is -0.138. The smallest absolute Gasteiger partial charge is 0.325 e. The van der Waals surface area contributed by atoms with E-state index >= 15 is 0 Å². The lowest BCUT2D eigenvalue weighted by Gasteiger charge is -2.08. The molecular formula is C8H10N2O2. The van der Waals surface area contributed by atoms with Gasteiger partial charge in [0, 0.05) is 11.3 Å². The maximum Gasteiger partial charge on any atom is 0.325 e. The highest BCUT2D eigenvalue weighted by atomic mass is 16.4. The van der Waals surface area contributed by atoms with Gasteiger partial charge in [0.2, 0.25) is 0 Å². The van der Waals surface area contributed by atoms with Crippen molar-refractivity contribution >= 4 is 11.7 Å². The number of hydrogen-bond donors (Lipinski definition) is 3. The molecule has 64 valence electrons. The van der Waals surface area contributed by atoms with Gasteiger partial charge in [0.15, 0.2) is 0 Å². The minimum Gasteiger partial charge on any atom is -0.480 e. The summed E-state index contributed by atoms with van der Waals surface area (Å²) >= 11 is 0. The second-order valence-corrected chi connectivity index (χ2v) is 2.44. The zero-order valence-electron chi connectivity index (χ0n) is 6.40. The Labute approximate surface area is 69.8 Å². The number of carboxylic acid groups (broad SMARTS) is 1. The van der Waals surface area contributed by atoms with E-state index in [4.69, 9.17) is 16.6 Å². The van der Waals surface area contributed by atoms with Gasteiger partial charge in [0.1, 0.15) is 6.04 Å². The molecule has 0 heterocycles. The van der Waals surface area contributed by atoms with Crippen LogP contribution in [0.4, 0.5) is 5.69 Å². The van der Waals surface area contributed by atoms with Crippen LogP contribution in [-0.4, -0.2) is 11.1 Å². The first-order chi connectivity index (χ1) is 5.63. The number of nitrogen functional groups attached to an aromatic ring is 1. The first-order valence-electron chi connectivity index (χ1n) is 3.45. The minimum atomic E-state index is -1.08. The fourth-order valence-electron chi connectivity index (χ4n) is 0.927. The number of anilines is 1. The molecule has 0 fully saturated rings. The highest BCUT2D eigenvalue weighted by Crippen LogP contribution is 2.17. The second-order valence-electron chi connectivity index (χ2n) is 2.44. The van der Waals surface area contributed by atoms with Crippen molar-refractivity contribution in [3.63, 3.8) is 0 Å². The van der Waals surface area contributed by atoms with Crippen molar-refractivity contribution in [2.45, 2.75) is 6.04 Å². The summed E-state index contributed by atoms with van der Waals surface area (Å²) in [7, 11) is 0. The Hall–Kier alpha value is -1.55. The number of benzene rings is 1. The highest BCUT2D eigenvalue weighted by molar-refractivity contribution is 5.77. The van der Waals surface area contributed by atoms with E-state index in [1.165, 1.54) is 0 Å². The van der Waals surface area contributed by atoms with E-state index in [0.717, 1.165) is 0 Å².